The fourth-order valence-electron chi connectivity index (χ4n) is 1.87. The Labute approximate surface area is 80.9 Å². The minimum Gasteiger partial charge on any atom is -0.451 e. The van der Waals surface area contributed by atoms with Crippen molar-refractivity contribution >= 4 is 21.3 Å². The molecule has 0 amide bonds. The normalized spacial score (nSPS) is 18.2. The van der Waals surface area contributed by atoms with Crippen LogP contribution in [0.1, 0.15) is 25.3 Å². The van der Waals surface area contributed by atoms with Crippen LogP contribution in [-0.2, 0) is 10.1 Å². The highest BCUT2D eigenvalue weighted by atomic mass is 32.2. The van der Waals surface area contributed by atoms with Gasteiger partial charge in [-0.25, -0.2) is 0 Å². The van der Waals surface area contributed by atoms with Gasteiger partial charge in [0, 0.05) is 11.6 Å². The second-order valence-corrected chi connectivity index (χ2v) is 5.25. The van der Waals surface area contributed by atoms with Crippen LogP contribution in [0.15, 0.2) is 15.4 Å². The molecule has 4 nitrogen and oxygen atoms in total. The summed E-state index contributed by atoms with van der Waals surface area (Å²) in [6, 6.07) is 1.54. The Bertz CT molecular complexity index is 606. The summed E-state index contributed by atoms with van der Waals surface area (Å²) < 4.78 is 33.1. The van der Waals surface area contributed by atoms with Crippen LogP contribution in [0, 0.1) is 0 Å². The molecule has 0 radical (unpaired) electrons. The number of fused-ring (bicyclic) bond motifs is 1. The predicted molar refractivity (Wildman–Crippen MR) is 49.3 cm³/mol. The molecule has 5 heteroatoms. The predicted octanol–water partition coefficient (Wildman–Crippen LogP) is 2.08. The lowest BCUT2D eigenvalue weighted by molar-refractivity contribution is 0.495. The number of benzene rings is 1. The van der Waals surface area contributed by atoms with Gasteiger partial charge >= 0.3 is 10.1 Å². The van der Waals surface area contributed by atoms with Crippen molar-refractivity contribution in [3.8, 4) is 5.75 Å². The van der Waals surface area contributed by atoms with Crippen molar-refractivity contribution in [3.63, 3.8) is 0 Å². The van der Waals surface area contributed by atoms with E-state index in [2.05, 4.69) is 0 Å². The van der Waals surface area contributed by atoms with Crippen LogP contribution < -0.4 is 4.18 Å². The summed E-state index contributed by atoms with van der Waals surface area (Å²) >= 11 is 0. The Hall–Kier alpha value is -1.23. The second kappa shape index (κ2) is 2.06. The van der Waals surface area contributed by atoms with Gasteiger partial charge in [-0.3, -0.25) is 0 Å². The Balaban J connectivity index is 2.43. The molecular formula is C9H8O4S. The molecule has 1 aliphatic heterocycles. The van der Waals surface area contributed by atoms with E-state index in [0.717, 1.165) is 5.56 Å². The summed E-state index contributed by atoms with van der Waals surface area (Å²) in [5.74, 6) is 0.594. The Morgan fingerprint density at radius 1 is 1.36 bits per heavy atom. The molecule has 0 aliphatic carbocycles. The minimum absolute atomic E-state index is 0.173. The summed E-state index contributed by atoms with van der Waals surface area (Å²) in [6.07, 6.45) is 0. The van der Waals surface area contributed by atoms with E-state index in [-0.39, 0.29) is 10.8 Å². The average Bonchev–Trinajstić information content (AvgIpc) is 2.61. The SMILES string of the molecule is CC(C)c1c2c3oc1cc3S(=O)(=O)O2. The van der Waals surface area contributed by atoms with Crippen molar-refractivity contribution in [2.45, 2.75) is 24.7 Å². The van der Waals surface area contributed by atoms with Crippen molar-refractivity contribution in [1.29, 1.82) is 0 Å². The zero-order valence-electron chi connectivity index (χ0n) is 7.70. The fourth-order valence-corrected chi connectivity index (χ4v) is 2.96. The number of hydrogen-bond acceptors (Lipinski definition) is 4. The van der Waals surface area contributed by atoms with Crippen LogP contribution in [0.5, 0.6) is 5.75 Å². The van der Waals surface area contributed by atoms with Crippen LogP contribution in [0.3, 0.4) is 0 Å². The first-order valence-electron chi connectivity index (χ1n) is 4.34. The third kappa shape index (κ3) is 0.721. The molecule has 2 aromatic heterocycles. The van der Waals surface area contributed by atoms with Gasteiger partial charge in [-0.15, -0.1) is 0 Å². The van der Waals surface area contributed by atoms with Gasteiger partial charge in [0.1, 0.15) is 5.58 Å². The molecule has 3 rings (SSSR count). The summed E-state index contributed by atoms with van der Waals surface area (Å²) in [6.45, 7) is 3.95. The molecule has 0 spiro atoms. The van der Waals surface area contributed by atoms with Gasteiger partial charge in [0.05, 0.1) is 0 Å². The van der Waals surface area contributed by atoms with Gasteiger partial charge in [0.2, 0.25) is 0 Å². The highest BCUT2D eigenvalue weighted by Gasteiger charge is 2.39. The molecule has 0 N–H and O–H groups in total. The highest BCUT2D eigenvalue weighted by Crippen LogP contribution is 2.49. The molecule has 1 aliphatic rings. The minimum atomic E-state index is -3.58. The van der Waals surface area contributed by atoms with Gasteiger partial charge in [0.25, 0.3) is 0 Å². The first kappa shape index (κ1) is 8.11. The van der Waals surface area contributed by atoms with Crippen LogP contribution in [0.4, 0.5) is 0 Å². The topological polar surface area (TPSA) is 56.5 Å². The van der Waals surface area contributed by atoms with E-state index in [1.54, 1.807) is 0 Å². The standard InChI is InChI=1S/C9H8O4S/c1-4(2)7-5-3-6-8(12-5)9(7)13-14(6,10)11/h3-4H,1-2H3. The van der Waals surface area contributed by atoms with Crippen molar-refractivity contribution in [2.24, 2.45) is 0 Å². The molecule has 2 bridgehead atoms. The summed E-state index contributed by atoms with van der Waals surface area (Å²) in [5.41, 5.74) is 1.86. The first-order valence-corrected chi connectivity index (χ1v) is 5.75. The number of rotatable bonds is 1. The zero-order valence-corrected chi connectivity index (χ0v) is 8.51. The third-order valence-electron chi connectivity index (χ3n) is 2.45. The van der Waals surface area contributed by atoms with E-state index in [9.17, 15) is 8.42 Å². The summed E-state index contributed by atoms with van der Waals surface area (Å²) in [7, 11) is -3.58. The van der Waals surface area contributed by atoms with Gasteiger partial charge in [0.15, 0.2) is 16.2 Å². The van der Waals surface area contributed by atoms with E-state index >= 15 is 0 Å². The Morgan fingerprint density at radius 2 is 2.07 bits per heavy atom. The quantitative estimate of drug-likeness (QED) is 0.679. The maximum Gasteiger partial charge on any atom is 0.343 e. The van der Waals surface area contributed by atoms with E-state index in [1.807, 2.05) is 13.8 Å². The van der Waals surface area contributed by atoms with Crippen LogP contribution in [-0.4, -0.2) is 8.42 Å². The molecule has 0 unspecified atom stereocenters. The van der Waals surface area contributed by atoms with E-state index in [0.29, 0.717) is 16.9 Å². The van der Waals surface area contributed by atoms with Gasteiger partial charge in [-0.05, 0) is 5.92 Å². The molecular weight excluding hydrogens is 204 g/mol. The highest BCUT2D eigenvalue weighted by molar-refractivity contribution is 7.87. The number of furan rings is 2. The Kier molecular flexibility index (Phi) is 1.19. The third-order valence-corrected chi connectivity index (χ3v) is 3.68. The lowest BCUT2D eigenvalue weighted by Crippen LogP contribution is -2.02. The maximum absolute atomic E-state index is 11.4. The summed E-state index contributed by atoms with van der Waals surface area (Å²) in [5, 5.41) is 0. The molecule has 2 aromatic rings. The monoisotopic (exact) mass is 212 g/mol. The second-order valence-electron chi connectivity index (χ2n) is 3.74. The van der Waals surface area contributed by atoms with E-state index < -0.39 is 10.1 Å². The smallest absolute Gasteiger partial charge is 0.343 e. The number of hydrogen-bond donors (Lipinski definition) is 0. The van der Waals surface area contributed by atoms with Crippen molar-refractivity contribution in [2.75, 3.05) is 0 Å². The molecule has 0 saturated heterocycles. The maximum atomic E-state index is 11.4. The first-order chi connectivity index (χ1) is 6.50. The van der Waals surface area contributed by atoms with Gasteiger partial charge in [-0.1, -0.05) is 13.8 Å². The largest absolute Gasteiger partial charge is 0.451 e. The molecule has 14 heavy (non-hydrogen) atoms. The molecule has 0 atom stereocenters. The van der Waals surface area contributed by atoms with E-state index in [1.165, 1.54) is 6.07 Å². The Morgan fingerprint density at radius 3 is 2.71 bits per heavy atom. The van der Waals surface area contributed by atoms with Crippen molar-refractivity contribution in [3.05, 3.63) is 11.6 Å². The molecule has 0 saturated carbocycles. The van der Waals surface area contributed by atoms with Crippen molar-refractivity contribution in [1.82, 2.24) is 0 Å². The van der Waals surface area contributed by atoms with Gasteiger partial charge in [-0.2, -0.15) is 8.42 Å². The average molecular weight is 212 g/mol. The molecule has 0 fully saturated rings. The van der Waals surface area contributed by atoms with E-state index in [4.69, 9.17) is 8.60 Å². The molecule has 74 valence electrons. The van der Waals surface area contributed by atoms with Gasteiger partial charge < -0.3 is 8.60 Å². The zero-order chi connectivity index (χ0) is 10.1. The summed E-state index contributed by atoms with van der Waals surface area (Å²) in [4.78, 5) is 0.173. The van der Waals surface area contributed by atoms with Crippen molar-refractivity contribution < 1.29 is 17.0 Å². The lowest BCUT2D eigenvalue weighted by Gasteiger charge is -2.02. The molecule has 0 aromatic carbocycles. The van der Waals surface area contributed by atoms with Crippen LogP contribution >= 0.6 is 0 Å². The lowest BCUT2D eigenvalue weighted by atomic mass is 10.0. The van der Waals surface area contributed by atoms with Crippen LogP contribution in [0.25, 0.3) is 11.2 Å². The fraction of sp³-hybridized carbons (Fsp3) is 0.333. The molecule has 3 heterocycles. The van der Waals surface area contributed by atoms with Crippen LogP contribution in [0.2, 0.25) is 0 Å².